The molecule has 1 aliphatic rings. The summed E-state index contributed by atoms with van der Waals surface area (Å²) in [6.45, 7) is 7.73. The summed E-state index contributed by atoms with van der Waals surface area (Å²) in [6, 6.07) is 2.14. The van der Waals surface area contributed by atoms with Crippen LogP contribution in [0, 0.1) is 6.92 Å². The van der Waals surface area contributed by atoms with Crippen molar-refractivity contribution in [3.63, 3.8) is 0 Å². The lowest BCUT2D eigenvalue weighted by molar-refractivity contribution is 0.0740. The first-order chi connectivity index (χ1) is 9.56. The minimum Gasteiger partial charge on any atom is -0.333 e. The highest BCUT2D eigenvalue weighted by atomic mass is 32.1. The van der Waals surface area contributed by atoms with Gasteiger partial charge >= 0.3 is 0 Å². The summed E-state index contributed by atoms with van der Waals surface area (Å²) in [6.07, 6.45) is 0.980. The average Bonchev–Trinajstić information content (AvgIpc) is 3.03. The zero-order valence-electron chi connectivity index (χ0n) is 12.0. The van der Waals surface area contributed by atoms with Crippen LogP contribution in [0.3, 0.4) is 0 Å². The largest absolute Gasteiger partial charge is 0.333 e. The van der Waals surface area contributed by atoms with Crippen molar-refractivity contribution >= 4 is 28.6 Å². The fourth-order valence-corrected chi connectivity index (χ4v) is 4.35. The maximum atomic E-state index is 12.7. The lowest BCUT2D eigenvalue weighted by atomic mass is 10.1. The Morgan fingerprint density at radius 2 is 2.25 bits per heavy atom. The van der Waals surface area contributed by atoms with Gasteiger partial charge in [-0.3, -0.25) is 4.79 Å². The van der Waals surface area contributed by atoms with Crippen molar-refractivity contribution in [3.8, 4) is 0 Å². The van der Waals surface area contributed by atoms with E-state index in [4.69, 9.17) is 0 Å². The van der Waals surface area contributed by atoms with E-state index in [0.29, 0.717) is 5.92 Å². The molecule has 20 heavy (non-hydrogen) atoms. The number of hydrogen-bond donors (Lipinski definition) is 0. The van der Waals surface area contributed by atoms with Gasteiger partial charge in [-0.2, -0.15) is 0 Å². The molecule has 1 aliphatic heterocycles. The van der Waals surface area contributed by atoms with E-state index in [1.165, 1.54) is 10.4 Å². The van der Waals surface area contributed by atoms with Gasteiger partial charge in [0, 0.05) is 23.9 Å². The summed E-state index contributed by atoms with van der Waals surface area (Å²) in [4.78, 5) is 21.4. The average molecular weight is 306 g/mol. The highest BCUT2D eigenvalue weighted by Gasteiger charge is 2.26. The number of thiophene rings is 1. The van der Waals surface area contributed by atoms with E-state index >= 15 is 0 Å². The van der Waals surface area contributed by atoms with Crippen molar-refractivity contribution in [2.45, 2.75) is 39.7 Å². The molecule has 2 aromatic heterocycles. The van der Waals surface area contributed by atoms with Crippen LogP contribution < -0.4 is 0 Å². The Morgan fingerprint density at radius 1 is 1.45 bits per heavy atom. The van der Waals surface area contributed by atoms with Gasteiger partial charge in [-0.25, -0.2) is 4.98 Å². The normalized spacial score (nSPS) is 14.7. The SMILES string of the molecule is Cc1nc(C(C)C)sc1C(=O)N1CCc2sccc2C1. The Balaban J connectivity index is 1.83. The third-order valence-electron chi connectivity index (χ3n) is 3.60. The first-order valence-corrected chi connectivity index (χ1v) is 8.57. The summed E-state index contributed by atoms with van der Waals surface area (Å²) < 4.78 is 0. The molecule has 2 aromatic rings. The number of nitrogens with zero attached hydrogens (tertiary/aromatic N) is 2. The number of aromatic nitrogens is 1. The summed E-state index contributed by atoms with van der Waals surface area (Å²) >= 11 is 3.35. The van der Waals surface area contributed by atoms with Crippen LogP contribution in [0.15, 0.2) is 11.4 Å². The molecule has 0 saturated carbocycles. The minimum atomic E-state index is 0.142. The smallest absolute Gasteiger partial charge is 0.266 e. The highest BCUT2D eigenvalue weighted by molar-refractivity contribution is 7.13. The van der Waals surface area contributed by atoms with E-state index < -0.39 is 0 Å². The van der Waals surface area contributed by atoms with E-state index in [2.05, 4.69) is 30.3 Å². The molecule has 0 bridgehead atoms. The van der Waals surface area contributed by atoms with Crippen LogP contribution >= 0.6 is 22.7 Å². The van der Waals surface area contributed by atoms with Gasteiger partial charge in [-0.1, -0.05) is 13.8 Å². The second-order valence-corrected chi connectivity index (χ2v) is 7.50. The maximum absolute atomic E-state index is 12.7. The molecule has 0 unspecified atom stereocenters. The molecule has 0 atom stereocenters. The standard InChI is InChI=1S/C15H18N2OS2/c1-9(2)14-16-10(3)13(20-14)15(18)17-6-4-12-11(8-17)5-7-19-12/h5,7,9H,4,6,8H2,1-3H3. The van der Waals surface area contributed by atoms with Crippen LogP contribution in [-0.2, 0) is 13.0 Å². The third kappa shape index (κ3) is 2.40. The fourth-order valence-electron chi connectivity index (χ4n) is 2.43. The minimum absolute atomic E-state index is 0.142. The Labute approximate surface area is 127 Å². The van der Waals surface area contributed by atoms with Gasteiger partial charge in [0.25, 0.3) is 5.91 Å². The topological polar surface area (TPSA) is 33.2 Å². The van der Waals surface area contributed by atoms with Crippen molar-refractivity contribution in [2.75, 3.05) is 6.54 Å². The predicted octanol–water partition coefficient (Wildman–Crippen LogP) is 3.83. The zero-order valence-corrected chi connectivity index (χ0v) is 13.6. The molecule has 0 radical (unpaired) electrons. The molecular formula is C15H18N2OS2. The third-order valence-corrected chi connectivity index (χ3v) is 6.07. The molecule has 106 valence electrons. The number of aryl methyl sites for hydroxylation is 1. The second-order valence-electron chi connectivity index (χ2n) is 5.47. The summed E-state index contributed by atoms with van der Waals surface area (Å²) in [5.41, 5.74) is 2.18. The molecule has 3 rings (SSSR count). The number of rotatable bonds is 2. The van der Waals surface area contributed by atoms with Crippen molar-refractivity contribution in [1.29, 1.82) is 0 Å². The molecule has 3 heterocycles. The van der Waals surface area contributed by atoms with Crippen LogP contribution in [0.5, 0.6) is 0 Å². The Kier molecular flexibility index (Phi) is 3.65. The highest BCUT2D eigenvalue weighted by Crippen LogP contribution is 2.29. The molecule has 0 fully saturated rings. The van der Waals surface area contributed by atoms with Gasteiger partial charge in [-0.15, -0.1) is 22.7 Å². The van der Waals surface area contributed by atoms with Crippen LogP contribution in [0.1, 0.15) is 50.6 Å². The molecule has 1 amide bonds. The van der Waals surface area contributed by atoms with E-state index in [9.17, 15) is 4.79 Å². The summed E-state index contributed by atoms with van der Waals surface area (Å²) in [5, 5.41) is 3.17. The maximum Gasteiger partial charge on any atom is 0.266 e. The molecule has 0 aliphatic carbocycles. The molecule has 0 aromatic carbocycles. The van der Waals surface area contributed by atoms with E-state index in [0.717, 1.165) is 35.1 Å². The Morgan fingerprint density at radius 3 is 2.95 bits per heavy atom. The lowest BCUT2D eigenvalue weighted by Gasteiger charge is -2.26. The molecule has 5 heteroatoms. The Hall–Kier alpha value is -1.20. The molecule has 0 saturated heterocycles. The monoisotopic (exact) mass is 306 g/mol. The van der Waals surface area contributed by atoms with Crippen molar-refractivity contribution in [2.24, 2.45) is 0 Å². The van der Waals surface area contributed by atoms with Crippen LogP contribution in [0.2, 0.25) is 0 Å². The number of carbonyl (C=O) groups excluding carboxylic acids is 1. The number of thiazole rings is 1. The summed E-state index contributed by atoms with van der Waals surface area (Å²) in [5.74, 6) is 0.522. The van der Waals surface area contributed by atoms with Gasteiger partial charge in [-0.05, 0) is 30.4 Å². The fraction of sp³-hybridized carbons (Fsp3) is 0.467. The van der Waals surface area contributed by atoms with E-state index in [1.54, 1.807) is 22.7 Å². The van der Waals surface area contributed by atoms with Gasteiger partial charge in [0.1, 0.15) is 4.88 Å². The van der Waals surface area contributed by atoms with Gasteiger partial charge in [0.2, 0.25) is 0 Å². The quantitative estimate of drug-likeness (QED) is 0.844. The number of carbonyl (C=O) groups is 1. The van der Waals surface area contributed by atoms with Gasteiger partial charge in [0.15, 0.2) is 0 Å². The van der Waals surface area contributed by atoms with Gasteiger partial charge in [0.05, 0.1) is 10.7 Å². The number of amides is 1. The molecule has 0 spiro atoms. The van der Waals surface area contributed by atoms with Crippen molar-refractivity contribution < 1.29 is 4.79 Å². The first-order valence-electron chi connectivity index (χ1n) is 6.88. The second kappa shape index (κ2) is 5.30. The molecule has 0 N–H and O–H groups in total. The summed E-state index contributed by atoms with van der Waals surface area (Å²) in [7, 11) is 0. The van der Waals surface area contributed by atoms with Crippen LogP contribution in [0.4, 0.5) is 0 Å². The van der Waals surface area contributed by atoms with E-state index in [1.807, 2.05) is 11.8 Å². The van der Waals surface area contributed by atoms with Crippen molar-refractivity contribution in [1.82, 2.24) is 9.88 Å². The predicted molar refractivity (Wildman–Crippen MR) is 83.7 cm³/mol. The Bertz CT molecular complexity index is 642. The number of hydrogen-bond acceptors (Lipinski definition) is 4. The lowest BCUT2D eigenvalue weighted by Crippen LogP contribution is -2.35. The zero-order chi connectivity index (χ0) is 14.3. The van der Waals surface area contributed by atoms with Crippen molar-refractivity contribution in [3.05, 3.63) is 37.5 Å². The molecule has 3 nitrogen and oxygen atoms in total. The van der Waals surface area contributed by atoms with E-state index in [-0.39, 0.29) is 5.91 Å². The number of fused-ring (bicyclic) bond motifs is 1. The van der Waals surface area contributed by atoms with Crippen LogP contribution in [-0.4, -0.2) is 22.3 Å². The van der Waals surface area contributed by atoms with Crippen LogP contribution in [0.25, 0.3) is 0 Å². The first kappa shape index (κ1) is 13.8. The van der Waals surface area contributed by atoms with Gasteiger partial charge < -0.3 is 4.90 Å². The molecular weight excluding hydrogens is 288 g/mol.